The minimum atomic E-state index is 0.0625. The summed E-state index contributed by atoms with van der Waals surface area (Å²) in [6.45, 7) is 10.8. The van der Waals surface area contributed by atoms with Gasteiger partial charge in [-0.3, -0.25) is 4.79 Å². The van der Waals surface area contributed by atoms with Crippen molar-refractivity contribution in [2.24, 2.45) is 5.41 Å². The Hall–Kier alpha value is -1.43. The van der Waals surface area contributed by atoms with Crippen LogP contribution in [0.1, 0.15) is 57.6 Å². The molecular weight excluding hydrogens is 278 g/mol. The molecule has 2 aliphatic rings. The first kappa shape index (κ1) is 15.5. The van der Waals surface area contributed by atoms with Gasteiger partial charge in [-0.2, -0.15) is 0 Å². The zero-order valence-corrected chi connectivity index (χ0v) is 13.9. The maximum atomic E-state index is 12.3. The van der Waals surface area contributed by atoms with Crippen molar-refractivity contribution in [2.75, 3.05) is 19.6 Å². The molecule has 6 nitrogen and oxygen atoms in total. The molecule has 0 atom stereocenters. The summed E-state index contributed by atoms with van der Waals surface area (Å²) in [5.74, 6) is 2.91. The molecule has 0 bridgehead atoms. The van der Waals surface area contributed by atoms with Crippen LogP contribution in [0.2, 0.25) is 0 Å². The van der Waals surface area contributed by atoms with Crippen LogP contribution in [0.25, 0.3) is 0 Å². The molecule has 0 unspecified atom stereocenters. The monoisotopic (exact) mass is 305 g/mol. The molecule has 22 heavy (non-hydrogen) atoms. The molecule has 0 spiro atoms. The lowest BCUT2D eigenvalue weighted by Crippen LogP contribution is -2.40. The number of piperidine rings is 1. The van der Waals surface area contributed by atoms with Crippen molar-refractivity contribution < 1.29 is 4.79 Å². The summed E-state index contributed by atoms with van der Waals surface area (Å²) in [6.07, 6.45) is 2.63. The minimum absolute atomic E-state index is 0.0625. The quantitative estimate of drug-likeness (QED) is 0.900. The number of amides is 1. The third kappa shape index (κ3) is 3.32. The van der Waals surface area contributed by atoms with Gasteiger partial charge in [-0.05, 0) is 18.3 Å². The highest BCUT2D eigenvalue weighted by Crippen LogP contribution is 2.29. The fraction of sp³-hybridized carbons (Fsp3) is 0.812. The number of hydrogen-bond acceptors (Lipinski definition) is 4. The molecule has 0 aliphatic carbocycles. The second kappa shape index (κ2) is 5.99. The van der Waals surface area contributed by atoms with E-state index in [1.165, 1.54) is 0 Å². The van der Waals surface area contributed by atoms with Gasteiger partial charge in [0.05, 0.1) is 6.54 Å². The van der Waals surface area contributed by atoms with Gasteiger partial charge in [0.25, 0.3) is 0 Å². The van der Waals surface area contributed by atoms with Gasteiger partial charge in [0.2, 0.25) is 5.91 Å². The molecule has 1 aromatic heterocycles. The zero-order chi connectivity index (χ0) is 15.7. The molecule has 1 aromatic rings. The summed E-state index contributed by atoms with van der Waals surface area (Å²) in [4.78, 5) is 14.3. The number of carbonyl (C=O) groups excluding carboxylic acids is 1. The largest absolute Gasteiger partial charge is 0.343 e. The van der Waals surface area contributed by atoms with Gasteiger partial charge < -0.3 is 14.8 Å². The Bertz CT molecular complexity index is 537. The van der Waals surface area contributed by atoms with E-state index < -0.39 is 0 Å². The Kier molecular flexibility index (Phi) is 4.21. The molecule has 3 heterocycles. The Morgan fingerprint density at radius 1 is 1.23 bits per heavy atom. The number of nitrogens with zero attached hydrogens (tertiary/aromatic N) is 4. The molecule has 6 heteroatoms. The average molecular weight is 305 g/mol. The third-order valence-corrected chi connectivity index (χ3v) is 4.55. The van der Waals surface area contributed by atoms with Crippen LogP contribution in [0, 0.1) is 5.41 Å². The molecule has 1 saturated heterocycles. The highest BCUT2D eigenvalue weighted by molar-refractivity contribution is 5.76. The van der Waals surface area contributed by atoms with Gasteiger partial charge in [-0.1, -0.05) is 20.8 Å². The first-order valence-electron chi connectivity index (χ1n) is 8.34. The van der Waals surface area contributed by atoms with Crippen LogP contribution in [0.5, 0.6) is 0 Å². The van der Waals surface area contributed by atoms with Crippen molar-refractivity contribution >= 4 is 5.91 Å². The van der Waals surface area contributed by atoms with Crippen molar-refractivity contribution in [2.45, 2.75) is 59.0 Å². The molecule has 3 rings (SSSR count). The van der Waals surface area contributed by atoms with Gasteiger partial charge in [-0.15, -0.1) is 10.2 Å². The molecule has 122 valence electrons. The van der Waals surface area contributed by atoms with Crippen molar-refractivity contribution in [3.05, 3.63) is 11.6 Å². The van der Waals surface area contributed by atoms with Crippen molar-refractivity contribution in [3.8, 4) is 0 Å². The van der Waals surface area contributed by atoms with E-state index in [0.29, 0.717) is 18.2 Å². The van der Waals surface area contributed by atoms with Crippen LogP contribution in [-0.4, -0.2) is 45.2 Å². The second-order valence-electron chi connectivity index (χ2n) is 7.70. The number of likely N-dealkylation sites (tertiary alicyclic amines) is 1. The van der Waals surface area contributed by atoms with Gasteiger partial charge in [-0.25, -0.2) is 0 Å². The van der Waals surface area contributed by atoms with Crippen molar-refractivity contribution in [3.63, 3.8) is 0 Å². The highest BCUT2D eigenvalue weighted by Gasteiger charge is 2.29. The van der Waals surface area contributed by atoms with E-state index in [1.807, 2.05) is 4.90 Å². The predicted octanol–water partition coefficient (Wildman–Crippen LogP) is 1.52. The van der Waals surface area contributed by atoms with Crippen LogP contribution in [0.15, 0.2) is 0 Å². The van der Waals surface area contributed by atoms with Crippen LogP contribution in [0.4, 0.5) is 0 Å². The topological polar surface area (TPSA) is 63.1 Å². The summed E-state index contributed by atoms with van der Waals surface area (Å²) in [5.41, 5.74) is 0.0625. The number of fused-ring (bicyclic) bond motifs is 1. The fourth-order valence-corrected chi connectivity index (χ4v) is 3.37. The van der Waals surface area contributed by atoms with Crippen LogP contribution in [-0.2, 0) is 17.9 Å². The first-order chi connectivity index (χ1) is 10.4. The smallest absolute Gasteiger partial charge is 0.223 e. The average Bonchev–Trinajstić information content (AvgIpc) is 2.89. The van der Waals surface area contributed by atoms with E-state index in [-0.39, 0.29) is 5.41 Å². The number of nitrogens with one attached hydrogen (secondary N) is 1. The van der Waals surface area contributed by atoms with Crippen LogP contribution < -0.4 is 5.32 Å². The second-order valence-corrected chi connectivity index (χ2v) is 7.70. The van der Waals surface area contributed by atoms with E-state index >= 15 is 0 Å². The lowest BCUT2D eigenvalue weighted by atomic mass is 9.90. The number of rotatable bonds is 2. The Balaban J connectivity index is 1.60. The molecule has 2 aliphatic heterocycles. The van der Waals surface area contributed by atoms with Crippen molar-refractivity contribution in [1.29, 1.82) is 0 Å². The van der Waals surface area contributed by atoms with E-state index in [9.17, 15) is 4.79 Å². The Morgan fingerprint density at radius 3 is 2.64 bits per heavy atom. The summed E-state index contributed by atoms with van der Waals surface area (Å²) < 4.78 is 2.27. The van der Waals surface area contributed by atoms with Crippen LogP contribution in [0.3, 0.4) is 0 Å². The Morgan fingerprint density at radius 2 is 1.95 bits per heavy atom. The molecular formula is C16H27N5O. The number of hydrogen-bond donors (Lipinski definition) is 1. The summed E-state index contributed by atoms with van der Waals surface area (Å²) in [7, 11) is 0. The summed E-state index contributed by atoms with van der Waals surface area (Å²) in [6, 6.07) is 0. The van der Waals surface area contributed by atoms with Gasteiger partial charge >= 0.3 is 0 Å². The van der Waals surface area contributed by atoms with E-state index in [1.54, 1.807) is 0 Å². The lowest BCUT2D eigenvalue weighted by molar-refractivity contribution is -0.134. The lowest BCUT2D eigenvalue weighted by Gasteiger charge is -2.33. The molecule has 1 amide bonds. The summed E-state index contributed by atoms with van der Waals surface area (Å²) in [5, 5.41) is 12.0. The van der Waals surface area contributed by atoms with Gasteiger partial charge in [0, 0.05) is 38.5 Å². The molecule has 0 aromatic carbocycles. The SMILES string of the molecule is CC(C)(C)CC(=O)N1CCC(c2nnc3n2CCNC3)CC1. The summed E-state index contributed by atoms with van der Waals surface area (Å²) >= 11 is 0. The molecule has 0 radical (unpaired) electrons. The van der Waals surface area contributed by atoms with E-state index in [2.05, 4.69) is 40.9 Å². The minimum Gasteiger partial charge on any atom is -0.343 e. The third-order valence-electron chi connectivity index (χ3n) is 4.55. The zero-order valence-electron chi connectivity index (χ0n) is 13.9. The maximum absolute atomic E-state index is 12.3. The maximum Gasteiger partial charge on any atom is 0.223 e. The molecule has 1 fully saturated rings. The van der Waals surface area contributed by atoms with Gasteiger partial charge in [0.1, 0.15) is 11.6 Å². The normalized spacial score (nSPS) is 20.0. The fourth-order valence-electron chi connectivity index (χ4n) is 3.37. The van der Waals surface area contributed by atoms with E-state index in [4.69, 9.17) is 0 Å². The first-order valence-corrected chi connectivity index (χ1v) is 8.34. The standard InChI is InChI=1S/C16H27N5O/c1-16(2,3)10-14(22)20-7-4-12(5-8-20)15-19-18-13-11-17-6-9-21(13)15/h12,17H,4-11H2,1-3H3. The van der Waals surface area contributed by atoms with Gasteiger partial charge in [0.15, 0.2) is 0 Å². The highest BCUT2D eigenvalue weighted by atomic mass is 16.2. The molecule has 1 N–H and O–H groups in total. The number of aromatic nitrogens is 3. The predicted molar refractivity (Wildman–Crippen MR) is 84.4 cm³/mol. The number of carbonyl (C=O) groups is 1. The molecule has 0 saturated carbocycles. The van der Waals surface area contributed by atoms with E-state index in [0.717, 1.165) is 57.2 Å². The van der Waals surface area contributed by atoms with Crippen LogP contribution >= 0.6 is 0 Å². The Labute approximate surface area is 132 Å². The van der Waals surface area contributed by atoms with Crippen molar-refractivity contribution in [1.82, 2.24) is 25.0 Å².